The average Bonchev–Trinajstić information content (AvgIpc) is 2.78. The molecule has 0 amide bonds. The van der Waals surface area contributed by atoms with Crippen LogP contribution in [-0.2, 0) is 0 Å². The number of fused-ring (bicyclic) bond motifs is 1. The molecule has 0 aromatic heterocycles. The monoisotopic (exact) mass is 184 g/mol. The Morgan fingerprint density at radius 2 is 1.86 bits per heavy atom. The standard InChI is InChI=1S/C14H16/c1-2-5-11(6-3-1)14-9-12-7-4-8-13(12)10-14/h1-3,5-6,9,12-13H,4,7-8,10H2/t12-,13+/m0/s1. The Morgan fingerprint density at radius 1 is 1.00 bits per heavy atom. The second kappa shape index (κ2) is 3.27. The molecule has 0 radical (unpaired) electrons. The van der Waals surface area contributed by atoms with E-state index in [1.165, 1.54) is 31.2 Å². The SMILES string of the molecule is C1=C(c2ccccc2)C[C@H]2CCC[C@@H]12. The molecule has 1 saturated carbocycles. The zero-order valence-corrected chi connectivity index (χ0v) is 8.45. The second-order valence-corrected chi connectivity index (χ2v) is 4.62. The van der Waals surface area contributed by atoms with Crippen molar-refractivity contribution in [2.75, 3.05) is 0 Å². The molecule has 1 fully saturated rings. The van der Waals surface area contributed by atoms with Crippen molar-refractivity contribution in [3.63, 3.8) is 0 Å². The van der Waals surface area contributed by atoms with Crippen LogP contribution in [0.25, 0.3) is 5.57 Å². The Bertz CT molecular complexity index is 348. The molecule has 0 unspecified atom stereocenters. The van der Waals surface area contributed by atoms with Gasteiger partial charge in [0.1, 0.15) is 0 Å². The predicted octanol–water partition coefficient (Wildman–Crippen LogP) is 3.89. The van der Waals surface area contributed by atoms with Crippen LogP contribution in [0, 0.1) is 11.8 Å². The highest BCUT2D eigenvalue weighted by Crippen LogP contribution is 2.45. The molecule has 0 spiro atoms. The van der Waals surface area contributed by atoms with Gasteiger partial charge in [-0.3, -0.25) is 0 Å². The highest BCUT2D eigenvalue weighted by atomic mass is 14.4. The lowest BCUT2D eigenvalue weighted by molar-refractivity contribution is 0.498. The van der Waals surface area contributed by atoms with Crippen molar-refractivity contribution in [1.82, 2.24) is 0 Å². The third kappa shape index (κ3) is 1.30. The second-order valence-electron chi connectivity index (χ2n) is 4.62. The molecule has 2 aliphatic rings. The van der Waals surface area contributed by atoms with E-state index in [1.54, 1.807) is 5.57 Å². The lowest BCUT2D eigenvalue weighted by Crippen LogP contribution is -1.96. The van der Waals surface area contributed by atoms with Crippen molar-refractivity contribution in [2.24, 2.45) is 11.8 Å². The molecule has 0 bridgehead atoms. The summed E-state index contributed by atoms with van der Waals surface area (Å²) >= 11 is 0. The van der Waals surface area contributed by atoms with Gasteiger partial charge in [-0.25, -0.2) is 0 Å². The van der Waals surface area contributed by atoms with Crippen molar-refractivity contribution in [1.29, 1.82) is 0 Å². The predicted molar refractivity (Wildman–Crippen MR) is 59.9 cm³/mol. The first-order chi connectivity index (χ1) is 6.93. The molecular formula is C14H16. The van der Waals surface area contributed by atoms with Crippen LogP contribution in [0.2, 0.25) is 0 Å². The molecule has 3 rings (SSSR count). The maximum absolute atomic E-state index is 2.53. The minimum Gasteiger partial charge on any atom is -0.0773 e. The average molecular weight is 184 g/mol. The molecule has 0 saturated heterocycles. The van der Waals surface area contributed by atoms with Crippen LogP contribution in [0.15, 0.2) is 36.4 Å². The minimum atomic E-state index is 0.908. The topological polar surface area (TPSA) is 0 Å². The highest BCUT2D eigenvalue weighted by molar-refractivity contribution is 5.68. The van der Waals surface area contributed by atoms with Crippen LogP contribution in [0.4, 0.5) is 0 Å². The van der Waals surface area contributed by atoms with E-state index in [-0.39, 0.29) is 0 Å². The summed E-state index contributed by atoms with van der Waals surface area (Å²) in [6.45, 7) is 0. The molecule has 0 aliphatic heterocycles. The number of allylic oxidation sites excluding steroid dienone is 2. The number of hydrogen-bond acceptors (Lipinski definition) is 0. The Morgan fingerprint density at radius 3 is 2.64 bits per heavy atom. The number of benzene rings is 1. The summed E-state index contributed by atoms with van der Waals surface area (Å²) < 4.78 is 0. The van der Waals surface area contributed by atoms with Crippen LogP contribution in [0.5, 0.6) is 0 Å². The molecule has 0 heterocycles. The van der Waals surface area contributed by atoms with E-state index in [4.69, 9.17) is 0 Å². The van der Waals surface area contributed by atoms with Gasteiger partial charge in [0.15, 0.2) is 0 Å². The van der Waals surface area contributed by atoms with Gasteiger partial charge in [-0.1, -0.05) is 42.8 Å². The first kappa shape index (κ1) is 8.28. The van der Waals surface area contributed by atoms with Crippen molar-refractivity contribution in [3.8, 4) is 0 Å². The molecule has 0 nitrogen and oxygen atoms in total. The fourth-order valence-corrected chi connectivity index (χ4v) is 3.01. The van der Waals surface area contributed by atoms with Crippen LogP contribution in [0.3, 0.4) is 0 Å². The molecule has 0 heteroatoms. The van der Waals surface area contributed by atoms with E-state index >= 15 is 0 Å². The molecule has 2 atom stereocenters. The van der Waals surface area contributed by atoms with Gasteiger partial charge in [0.05, 0.1) is 0 Å². The quantitative estimate of drug-likeness (QED) is 0.621. The van der Waals surface area contributed by atoms with Gasteiger partial charge in [0.2, 0.25) is 0 Å². The lowest BCUT2D eigenvalue weighted by atomic mass is 9.98. The molecular weight excluding hydrogens is 168 g/mol. The van der Waals surface area contributed by atoms with Gasteiger partial charge in [-0.2, -0.15) is 0 Å². The van der Waals surface area contributed by atoms with Crippen LogP contribution >= 0.6 is 0 Å². The Kier molecular flexibility index (Phi) is 1.93. The fraction of sp³-hybridized carbons (Fsp3) is 0.429. The summed E-state index contributed by atoms with van der Waals surface area (Å²) in [5.74, 6) is 1.88. The summed E-state index contributed by atoms with van der Waals surface area (Å²) in [6.07, 6.45) is 8.20. The van der Waals surface area contributed by atoms with E-state index in [0.717, 1.165) is 11.8 Å². The Hall–Kier alpha value is -1.04. The zero-order chi connectivity index (χ0) is 9.38. The minimum absolute atomic E-state index is 0.908. The smallest absolute Gasteiger partial charge is 0.0196 e. The van der Waals surface area contributed by atoms with Crippen molar-refractivity contribution in [2.45, 2.75) is 25.7 Å². The van der Waals surface area contributed by atoms with Crippen LogP contribution in [0.1, 0.15) is 31.2 Å². The van der Waals surface area contributed by atoms with Crippen molar-refractivity contribution >= 4 is 5.57 Å². The van der Waals surface area contributed by atoms with E-state index < -0.39 is 0 Å². The molecule has 1 aromatic carbocycles. The van der Waals surface area contributed by atoms with E-state index in [2.05, 4.69) is 36.4 Å². The maximum atomic E-state index is 2.53. The number of hydrogen-bond donors (Lipinski definition) is 0. The summed E-state index contributed by atoms with van der Waals surface area (Å²) in [5.41, 5.74) is 3.04. The zero-order valence-electron chi connectivity index (χ0n) is 8.45. The first-order valence-corrected chi connectivity index (χ1v) is 5.69. The van der Waals surface area contributed by atoms with Gasteiger partial charge >= 0.3 is 0 Å². The van der Waals surface area contributed by atoms with E-state index in [9.17, 15) is 0 Å². The van der Waals surface area contributed by atoms with Gasteiger partial charge in [0, 0.05) is 0 Å². The molecule has 2 aliphatic carbocycles. The summed E-state index contributed by atoms with van der Waals surface area (Å²) in [7, 11) is 0. The Labute approximate surface area is 85.6 Å². The lowest BCUT2D eigenvalue weighted by Gasteiger charge is -2.06. The van der Waals surface area contributed by atoms with E-state index in [0.29, 0.717) is 0 Å². The summed E-state index contributed by atoms with van der Waals surface area (Å²) in [5, 5.41) is 0. The van der Waals surface area contributed by atoms with Gasteiger partial charge in [-0.05, 0) is 42.2 Å². The van der Waals surface area contributed by atoms with Gasteiger partial charge < -0.3 is 0 Å². The third-order valence-corrected chi connectivity index (χ3v) is 3.76. The largest absolute Gasteiger partial charge is 0.0773 e. The van der Waals surface area contributed by atoms with Crippen molar-refractivity contribution < 1.29 is 0 Å². The normalized spacial score (nSPS) is 30.1. The number of rotatable bonds is 1. The molecule has 72 valence electrons. The highest BCUT2D eigenvalue weighted by Gasteiger charge is 2.31. The fourth-order valence-electron chi connectivity index (χ4n) is 3.01. The molecule has 0 N–H and O–H groups in total. The van der Waals surface area contributed by atoms with Gasteiger partial charge in [0.25, 0.3) is 0 Å². The van der Waals surface area contributed by atoms with Crippen LogP contribution in [-0.4, -0.2) is 0 Å². The molecule has 1 aromatic rings. The van der Waals surface area contributed by atoms with Gasteiger partial charge in [-0.15, -0.1) is 0 Å². The molecule has 14 heavy (non-hydrogen) atoms. The van der Waals surface area contributed by atoms with Crippen LogP contribution < -0.4 is 0 Å². The maximum Gasteiger partial charge on any atom is -0.0196 e. The first-order valence-electron chi connectivity index (χ1n) is 5.69. The van der Waals surface area contributed by atoms with Crippen molar-refractivity contribution in [3.05, 3.63) is 42.0 Å². The van der Waals surface area contributed by atoms with E-state index in [1.807, 2.05) is 0 Å². The summed E-state index contributed by atoms with van der Waals surface area (Å²) in [4.78, 5) is 0. The summed E-state index contributed by atoms with van der Waals surface area (Å²) in [6, 6.07) is 10.9. The Balaban J connectivity index is 1.88. The third-order valence-electron chi connectivity index (χ3n) is 3.76.